The van der Waals surface area contributed by atoms with Crippen molar-refractivity contribution in [2.45, 2.75) is 30.6 Å². The van der Waals surface area contributed by atoms with Crippen LogP contribution in [0.4, 0.5) is 5.82 Å². The second-order valence-electron chi connectivity index (χ2n) is 4.03. The van der Waals surface area contributed by atoms with Crippen molar-refractivity contribution >= 4 is 17.6 Å². The van der Waals surface area contributed by atoms with Gasteiger partial charge in [0.1, 0.15) is 5.82 Å². The van der Waals surface area contributed by atoms with Crippen molar-refractivity contribution in [2.24, 2.45) is 0 Å². The minimum absolute atomic E-state index is 0.363. The average molecular weight is 239 g/mol. The van der Waals surface area contributed by atoms with Gasteiger partial charge in [0, 0.05) is 24.2 Å². The highest BCUT2D eigenvalue weighted by atomic mass is 32.2. The van der Waals surface area contributed by atoms with Crippen molar-refractivity contribution < 1.29 is 5.11 Å². The zero-order chi connectivity index (χ0) is 11.4. The van der Waals surface area contributed by atoms with Crippen LogP contribution in [0.25, 0.3) is 0 Å². The molecule has 2 unspecified atom stereocenters. The van der Waals surface area contributed by atoms with Crippen LogP contribution >= 0.6 is 11.8 Å². The van der Waals surface area contributed by atoms with Crippen molar-refractivity contribution in [1.29, 1.82) is 0 Å². The molecule has 16 heavy (non-hydrogen) atoms. The van der Waals surface area contributed by atoms with E-state index in [9.17, 15) is 5.11 Å². The zero-order valence-electron chi connectivity index (χ0n) is 9.39. The molecule has 2 N–H and O–H groups in total. The Bertz CT molecular complexity index is 335. The fraction of sp³-hybridized carbons (Fsp3) is 0.636. The maximum Gasteiger partial charge on any atom is 0.144 e. The van der Waals surface area contributed by atoms with Crippen LogP contribution in [0.5, 0.6) is 0 Å². The number of thioether (sulfide) groups is 1. The Labute approximate surface area is 99.9 Å². The molecule has 0 radical (unpaired) electrons. The maximum absolute atomic E-state index is 10.3. The van der Waals surface area contributed by atoms with Gasteiger partial charge in [-0.3, -0.25) is 4.98 Å². The van der Waals surface area contributed by atoms with Gasteiger partial charge in [0.2, 0.25) is 0 Å². The van der Waals surface area contributed by atoms with Crippen LogP contribution in [0, 0.1) is 0 Å². The van der Waals surface area contributed by atoms with Gasteiger partial charge in [-0.05, 0) is 18.6 Å². The van der Waals surface area contributed by atoms with E-state index in [1.54, 1.807) is 18.6 Å². The minimum atomic E-state index is -0.571. The topological polar surface area (TPSA) is 58.0 Å². The van der Waals surface area contributed by atoms with Crippen molar-refractivity contribution in [1.82, 2.24) is 9.97 Å². The monoisotopic (exact) mass is 239 g/mol. The van der Waals surface area contributed by atoms with E-state index in [-0.39, 0.29) is 0 Å². The quantitative estimate of drug-likeness (QED) is 0.816. The molecule has 1 aliphatic carbocycles. The molecule has 1 aliphatic rings. The van der Waals surface area contributed by atoms with Crippen LogP contribution in [-0.2, 0) is 0 Å². The molecule has 1 fully saturated rings. The van der Waals surface area contributed by atoms with E-state index in [0.29, 0.717) is 11.8 Å². The summed E-state index contributed by atoms with van der Waals surface area (Å²) in [7, 11) is 0. The summed E-state index contributed by atoms with van der Waals surface area (Å²) in [5, 5.41) is 13.8. The number of aromatic nitrogens is 2. The summed E-state index contributed by atoms with van der Waals surface area (Å²) in [5.41, 5.74) is -0.571. The van der Waals surface area contributed by atoms with Crippen LogP contribution in [0.3, 0.4) is 0 Å². The molecule has 0 amide bonds. The molecule has 0 aromatic carbocycles. The standard InChI is InChI=1S/C11H17N3OS/c1-2-16-9-3-4-11(9,15)8-14-10-7-12-5-6-13-10/h5-7,9,15H,2-4,8H2,1H3,(H,13,14). The highest BCUT2D eigenvalue weighted by Gasteiger charge is 2.44. The van der Waals surface area contributed by atoms with Crippen molar-refractivity contribution in [3.8, 4) is 0 Å². The van der Waals surface area contributed by atoms with E-state index >= 15 is 0 Å². The molecule has 2 rings (SSSR count). The van der Waals surface area contributed by atoms with Crippen molar-refractivity contribution in [3.63, 3.8) is 0 Å². The summed E-state index contributed by atoms with van der Waals surface area (Å²) in [5.74, 6) is 1.78. The van der Waals surface area contributed by atoms with Gasteiger partial charge in [-0.25, -0.2) is 4.98 Å². The lowest BCUT2D eigenvalue weighted by Gasteiger charge is -2.45. The Kier molecular flexibility index (Phi) is 3.66. The van der Waals surface area contributed by atoms with Crippen LogP contribution in [0.15, 0.2) is 18.6 Å². The van der Waals surface area contributed by atoms with Gasteiger partial charge >= 0.3 is 0 Å². The molecule has 0 spiro atoms. The Hall–Kier alpha value is -0.810. The van der Waals surface area contributed by atoms with Gasteiger partial charge in [-0.2, -0.15) is 11.8 Å². The Morgan fingerprint density at radius 2 is 2.50 bits per heavy atom. The highest BCUT2D eigenvalue weighted by Crippen LogP contribution is 2.41. The SMILES string of the molecule is CCSC1CCC1(O)CNc1cnccn1. The summed E-state index contributed by atoms with van der Waals surface area (Å²) in [6, 6.07) is 0. The molecule has 0 saturated heterocycles. The first kappa shape index (κ1) is 11.7. The predicted octanol–water partition coefficient (Wildman–Crippen LogP) is 1.54. The third-order valence-corrected chi connectivity index (χ3v) is 4.36. The second kappa shape index (κ2) is 5.01. The molecule has 88 valence electrons. The van der Waals surface area contributed by atoms with Gasteiger partial charge in [0.25, 0.3) is 0 Å². The molecule has 1 heterocycles. The third kappa shape index (κ3) is 2.47. The molecule has 1 aromatic heterocycles. The second-order valence-corrected chi connectivity index (χ2v) is 5.51. The number of aliphatic hydroxyl groups is 1. The van der Waals surface area contributed by atoms with Gasteiger partial charge in [-0.15, -0.1) is 0 Å². The largest absolute Gasteiger partial charge is 0.387 e. The fourth-order valence-corrected chi connectivity index (χ4v) is 3.07. The summed E-state index contributed by atoms with van der Waals surface area (Å²) in [4.78, 5) is 8.09. The summed E-state index contributed by atoms with van der Waals surface area (Å²) in [6.07, 6.45) is 6.93. The Balaban J connectivity index is 1.86. The number of anilines is 1. The normalized spacial score (nSPS) is 28.5. The van der Waals surface area contributed by atoms with Gasteiger partial charge in [-0.1, -0.05) is 6.92 Å². The highest BCUT2D eigenvalue weighted by molar-refractivity contribution is 8.00. The van der Waals surface area contributed by atoms with E-state index < -0.39 is 5.60 Å². The first-order chi connectivity index (χ1) is 7.74. The number of hydrogen-bond donors (Lipinski definition) is 2. The van der Waals surface area contributed by atoms with E-state index in [1.165, 1.54) is 0 Å². The van der Waals surface area contributed by atoms with Crippen LogP contribution in [0.2, 0.25) is 0 Å². The number of hydrogen-bond acceptors (Lipinski definition) is 5. The Morgan fingerprint density at radius 1 is 1.62 bits per heavy atom. The lowest BCUT2D eigenvalue weighted by atomic mass is 9.79. The van der Waals surface area contributed by atoms with Crippen molar-refractivity contribution in [2.75, 3.05) is 17.6 Å². The molecule has 2 atom stereocenters. The van der Waals surface area contributed by atoms with E-state index in [2.05, 4.69) is 22.2 Å². The number of rotatable bonds is 5. The van der Waals surface area contributed by atoms with Crippen LogP contribution in [-0.4, -0.2) is 38.2 Å². The molecule has 1 aromatic rings. The van der Waals surface area contributed by atoms with Crippen LogP contribution in [0.1, 0.15) is 19.8 Å². The summed E-state index contributed by atoms with van der Waals surface area (Å²) >= 11 is 1.83. The fourth-order valence-electron chi connectivity index (χ4n) is 1.87. The Morgan fingerprint density at radius 3 is 3.06 bits per heavy atom. The van der Waals surface area contributed by atoms with Crippen molar-refractivity contribution in [3.05, 3.63) is 18.6 Å². The zero-order valence-corrected chi connectivity index (χ0v) is 10.2. The average Bonchev–Trinajstić information content (AvgIpc) is 2.33. The predicted molar refractivity (Wildman–Crippen MR) is 66.6 cm³/mol. The smallest absolute Gasteiger partial charge is 0.144 e. The molecular formula is C11H17N3OS. The first-order valence-corrected chi connectivity index (χ1v) is 6.63. The van der Waals surface area contributed by atoms with E-state index in [4.69, 9.17) is 0 Å². The third-order valence-electron chi connectivity index (χ3n) is 2.95. The molecule has 0 bridgehead atoms. The molecule has 0 aliphatic heterocycles. The lowest BCUT2D eigenvalue weighted by molar-refractivity contribution is -0.0120. The first-order valence-electron chi connectivity index (χ1n) is 5.58. The summed E-state index contributed by atoms with van der Waals surface area (Å²) in [6.45, 7) is 2.68. The van der Waals surface area contributed by atoms with E-state index in [0.717, 1.165) is 24.4 Å². The lowest BCUT2D eigenvalue weighted by Crippen LogP contribution is -2.54. The van der Waals surface area contributed by atoms with Gasteiger partial charge < -0.3 is 10.4 Å². The molecular weight excluding hydrogens is 222 g/mol. The minimum Gasteiger partial charge on any atom is -0.387 e. The number of nitrogens with zero attached hydrogens (tertiary/aromatic N) is 2. The van der Waals surface area contributed by atoms with Gasteiger partial charge in [0.15, 0.2) is 0 Å². The summed E-state index contributed by atoms with van der Waals surface area (Å²) < 4.78 is 0. The molecule has 4 nitrogen and oxygen atoms in total. The van der Waals surface area contributed by atoms with Gasteiger partial charge in [0.05, 0.1) is 11.8 Å². The maximum atomic E-state index is 10.3. The number of nitrogens with one attached hydrogen (secondary N) is 1. The molecule has 5 heteroatoms. The van der Waals surface area contributed by atoms with Crippen LogP contribution < -0.4 is 5.32 Å². The van der Waals surface area contributed by atoms with E-state index in [1.807, 2.05) is 11.8 Å². The molecule has 1 saturated carbocycles.